The molecule has 7 heteroatoms. The lowest BCUT2D eigenvalue weighted by atomic mass is 9.43. The van der Waals surface area contributed by atoms with Crippen LogP contribution in [0.5, 0.6) is 0 Å². The number of epoxide rings is 1. The zero-order valence-electron chi connectivity index (χ0n) is 15.2. The van der Waals surface area contributed by atoms with Crippen LogP contribution in [-0.2, 0) is 19.1 Å². The van der Waals surface area contributed by atoms with Crippen LogP contribution in [0.3, 0.4) is 0 Å². The molecule has 4 aliphatic rings. The summed E-state index contributed by atoms with van der Waals surface area (Å²) >= 11 is 0. The van der Waals surface area contributed by atoms with Crippen LogP contribution >= 0.6 is 0 Å². The molecule has 7 unspecified atom stereocenters. The van der Waals surface area contributed by atoms with Crippen molar-refractivity contribution < 1.29 is 33.7 Å². The van der Waals surface area contributed by atoms with Crippen molar-refractivity contribution in [2.24, 2.45) is 22.7 Å². The summed E-state index contributed by atoms with van der Waals surface area (Å²) in [5, 5.41) is 21.0. The van der Waals surface area contributed by atoms with E-state index in [2.05, 4.69) is 0 Å². The minimum Gasteiger partial charge on any atom is -0.472 e. The fraction of sp³-hybridized carbons (Fsp3) is 0.700. The second kappa shape index (κ2) is 5.43. The van der Waals surface area contributed by atoms with Crippen molar-refractivity contribution in [2.75, 3.05) is 13.2 Å². The molecule has 2 saturated heterocycles. The summed E-state index contributed by atoms with van der Waals surface area (Å²) < 4.78 is 16.6. The van der Waals surface area contributed by atoms with Gasteiger partial charge in [-0.2, -0.15) is 0 Å². The van der Waals surface area contributed by atoms with Crippen LogP contribution in [0.25, 0.3) is 0 Å². The summed E-state index contributed by atoms with van der Waals surface area (Å²) in [7, 11) is 0. The average molecular weight is 376 g/mol. The summed E-state index contributed by atoms with van der Waals surface area (Å²) in [5.74, 6) is -1.04. The van der Waals surface area contributed by atoms with Crippen molar-refractivity contribution >= 4 is 11.8 Å². The summed E-state index contributed by atoms with van der Waals surface area (Å²) in [6.07, 6.45) is 3.42. The quantitative estimate of drug-likeness (QED) is 0.593. The summed E-state index contributed by atoms with van der Waals surface area (Å²) in [4.78, 5) is 26.5. The van der Waals surface area contributed by atoms with E-state index in [4.69, 9.17) is 13.9 Å². The number of furan rings is 1. The van der Waals surface area contributed by atoms with Crippen LogP contribution in [0.15, 0.2) is 23.0 Å². The van der Waals surface area contributed by atoms with Gasteiger partial charge in [-0.15, -0.1) is 0 Å². The molecule has 2 spiro atoms. The normalized spacial score (nSPS) is 48.7. The number of rotatable bonds is 2. The Labute approximate surface area is 156 Å². The van der Waals surface area contributed by atoms with E-state index < -0.39 is 41.2 Å². The highest BCUT2D eigenvalue weighted by Gasteiger charge is 2.79. The third kappa shape index (κ3) is 1.87. The first-order valence-electron chi connectivity index (χ1n) is 9.62. The Balaban J connectivity index is 1.63. The molecule has 27 heavy (non-hydrogen) atoms. The molecular formula is C20H24O7. The maximum absolute atomic E-state index is 13.3. The summed E-state index contributed by atoms with van der Waals surface area (Å²) in [5.41, 5.74) is -2.39. The zero-order valence-corrected chi connectivity index (χ0v) is 15.2. The predicted octanol–water partition coefficient (Wildman–Crippen LogP) is 1.38. The van der Waals surface area contributed by atoms with Gasteiger partial charge in [-0.1, -0.05) is 6.92 Å². The molecule has 2 saturated carbocycles. The van der Waals surface area contributed by atoms with E-state index in [9.17, 15) is 19.8 Å². The predicted molar refractivity (Wildman–Crippen MR) is 90.3 cm³/mol. The number of Topliss-reactive ketones (excluding diaryl/α,β-unsaturated/α-hetero) is 1. The first kappa shape index (κ1) is 17.4. The number of hydrogen-bond acceptors (Lipinski definition) is 7. The molecule has 0 aromatic carbocycles. The number of aliphatic hydroxyl groups is 2. The first-order chi connectivity index (χ1) is 12.9. The molecule has 7 atom stereocenters. The molecule has 4 fully saturated rings. The van der Waals surface area contributed by atoms with Crippen molar-refractivity contribution in [1.29, 1.82) is 0 Å². The van der Waals surface area contributed by atoms with Crippen molar-refractivity contribution in [3.63, 3.8) is 0 Å². The fourth-order valence-corrected chi connectivity index (χ4v) is 6.37. The minimum absolute atomic E-state index is 0.107. The Morgan fingerprint density at radius 2 is 2.07 bits per heavy atom. The van der Waals surface area contributed by atoms with Gasteiger partial charge in [0.1, 0.15) is 17.5 Å². The van der Waals surface area contributed by atoms with Crippen LogP contribution < -0.4 is 0 Å². The molecule has 1 aromatic heterocycles. The van der Waals surface area contributed by atoms with Crippen LogP contribution in [-0.4, -0.2) is 46.9 Å². The monoisotopic (exact) mass is 376 g/mol. The molecule has 0 radical (unpaired) electrons. The number of aliphatic hydroxyl groups excluding tert-OH is 2. The first-order valence-corrected chi connectivity index (χ1v) is 9.62. The summed E-state index contributed by atoms with van der Waals surface area (Å²) in [6.45, 7) is 1.73. The third-order valence-corrected chi connectivity index (χ3v) is 7.88. The second-order valence-corrected chi connectivity index (χ2v) is 8.68. The Bertz CT molecular complexity index is 782. The highest BCUT2D eigenvalue weighted by Crippen LogP contribution is 2.69. The van der Waals surface area contributed by atoms with Gasteiger partial charge in [0.15, 0.2) is 0 Å². The SMILES string of the molecule is CC1CC(=O)C2(CO)C(CCC(O)C23CO3)C12CC(c1ccoc1)OC2=O. The minimum atomic E-state index is -1.25. The molecule has 5 rings (SSSR count). The largest absolute Gasteiger partial charge is 0.472 e. The lowest BCUT2D eigenvalue weighted by Crippen LogP contribution is -2.69. The van der Waals surface area contributed by atoms with Crippen LogP contribution in [0.2, 0.25) is 0 Å². The lowest BCUT2D eigenvalue weighted by molar-refractivity contribution is -0.196. The van der Waals surface area contributed by atoms with E-state index in [0.717, 1.165) is 5.56 Å². The van der Waals surface area contributed by atoms with Gasteiger partial charge < -0.3 is 24.1 Å². The molecule has 2 aliphatic carbocycles. The Morgan fingerprint density at radius 1 is 1.30 bits per heavy atom. The van der Waals surface area contributed by atoms with Gasteiger partial charge in [0.2, 0.25) is 0 Å². The van der Waals surface area contributed by atoms with Crippen LogP contribution in [0, 0.1) is 22.7 Å². The van der Waals surface area contributed by atoms with Crippen LogP contribution in [0.4, 0.5) is 0 Å². The van der Waals surface area contributed by atoms with Gasteiger partial charge in [0.05, 0.1) is 42.7 Å². The van der Waals surface area contributed by atoms with E-state index >= 15 is 0 Å². The molecule has 0 amide bonds. The number of cyclic esters (lactones) is 1. The van der Waals surface area contributed by atoms with Crippen molar-refractivity contribution in [3.8, 4) is 0 Å². The van der Waals surface area contributed by atoms with Gasteiger partial charge >= 0.3 is 5.97 Å². The maximum atomic E-state index is 13.3. The standard InChI is InChI=1S/C20H24O7/c1-11-6-16(23)19(9-21)14(2-3-15(22)20(19)10-26-20)18(11)7-13(27-17(18)24)12-4-5-25-8-12/h4-5,8,11,13-15,21-22H,2-3,6-7,9-10H2,1H3. The highest BCUT2D eigenvalue weighted by molar-refractivity contribution is 5.93. The number of esters is 1. The van der Waals surface area contributed by atoms with Crippen molar-refractivity contribution in [1.82, 2.24) is 0 Å². The van der Waals surface area contributed by atoms with E-state index in [1.807, 2.05) is 6.92 Å². The van der Waals surface area contributed by atoms with E-state index in [1.54, 1.807) is 18.6 Å². The number of fused-ring (bicyclic) bond motifs is 3. The zero-order chi connectivity index (χ0) is 19.0. The van der Waals surface area contributed by atoms with Crippen molar-refractivity contribution in [2.45, 2.75) is 50.4 Å². The molecule has 7 nitrogen and oxygen atoms in total. The number of ether oxygens (including phenoxy) is 2. The molecule has 3 heterocycles. The molecule has 146 valence electrons. The average Bonchev–Trinajstić information content (AvgIpc) is 3.11. The van der Waals surface area contributed by atoms with Gasteiger partial charge in [0, 0.05) is 18.4 Å². The number of carbonyl (C=O) groups excluding carboxylic acids is 2. The Morgan fingerprint density at radius 3 is 2.70 bits per heavy atom. The Kier molecular flexibility index (Phi) is 3.50. The molecular weight excluding hydrogens is 352 g/mol. The van der Waals surface area contributed by atoms with Gasteiger partial charge in [-0.25, -0.2) is 0 Å². The van der Waals surface area contributed by atoms with E-state index in [1.165, 1.54) is 0 Å². The smallest absolute Gasteiger partial charge is 0.313 e. The molecule has 0 bridgehead atoms. The van der Waals surface area contributed by atoms with Gasteiger partial charge in [-0.3, -0.25) is 9.59 Å². The van der Waals surface area contributed by atoms with Crippen LogP contribution in [0.1, 0.15) is 44.3 Å². The second-order valence-electron chi connectivity index (χ2n) is 8.68. The maximum Gasteiger partial charge on any atom is 0.313 e. The molecule has 1 aromatic rings. The molecule has 2 aliphatic heterocycles. The highest BCUT2D eigenvalue weighted by atomic mass is 16.6. The van der Waals surface area contributed by atoms with E-state index in [0.29, 0.717) is 19.3 Å². The Hall–Kier alpha value is -1.70. The van der Waals surface area contributed by atoms with Crippen molar-refractivity contribution in [3.05, 3.63) is 24.2 Å². The van der Waals surface area contributed by atoms with E-state index in [-0.39, 0.29) is 30.7 Å². The van der Waals surface area contributed by atoms with Gasteiger partial charge in [-0.05, 0) is 30.7 Å². The third-order valence-electron chi connectivity index (χ3n) is 7.88. The summed E-state index contributed by atoms with van der Waals surface area (Å²) in [6, 6.07) is 1.78. The number of carbonyl (C=O) groups is 2. The number of ketones is 1. The number of hydrogen-bond donors (Lipinski definition) is 2. The molecule has 2 N–H and O–H groups in total. The topological polar surface area (TPSA) is 110 Å². The fourth-order valence-electron chi connectivity index (χ4n) is 6.37. The van der Waals surface area contributed by atoms with Gasteiger partial charge in [0.25, 0.3) is 0 Å². The lowest BCUT2D eigenvalue weighted by Gasteiger charge is -2.58.